The van der Waals surface area contributed by atoms with E-state index in [4.69, 9.17) is 11.0 Å². The first kappa shape index (κ1) is 50.0. The highest BCUT2D eigenvalue weighted by atomic mass is 14.9. The van der Waals surface area contributed by atoms with Crippen LogP contribution in [-0.4, -0.2) is 0 Å². The second kappa shape index (κ2) is 25.5. The molecule has 0 atom stereocenters. The van der Waals surface area contributed by atoms with Crippen molar-refractivity contribution >= 4 is 43.4 Å². The van der Waals surface area contributed by atoms with Crippen LogP contribution in [0.4, 0.5) is 0 Å². The predicted molar refractivity (Wildman–Crippen MR) is 358 cm³/mol. The maximum absolute atomic E-state index is 8.55. The minimum atomic E-state index is -2.17. The Morgan fingerprint density at radius 1 is 0.381 bits per heavy atom. The molecule has 0 aliphatic rings. The molecule has 0 spiro atoms. The summed E-state index contributed by atoms with van der Waals surface area (Å²) in [5.74, 6) is -0.154. The topological polar surface area (TPSA) is 15.5 Å². The molecule has 8 aromatic carbocycles. The molecular formula is C80H88N4+4. The molecule has 12 rings (SSSR count). The quantitative estimate of drug-likeness (QED) is 0.148. The van der Waals surface area contributed by atoms with Crippen molar-refractivity contribution < 1.29 is 29.2 Å². The van der Waals surface area contributed by atoms with E-state index in [0.717, 1.165) is 61.2 Å². The Hall–Kier alpha value is -8.60. The fourth-order valence-corrected chi connectivity index (χ4v) is 12.0. The highest BCUT2D eigenvalue weighted by Crippen LogP contribution is 2.33. The second-order valence-electron chi connectivity index (χ2n) is 23.3. The zero-order chi connectivity index (χ0) is 67.1. The van der Waals surface area contributed by atoms with Crippen LogP contribution in [0.25, 0.3) is 88.4 Å². The van der Waals surface area contributed by atoms with Crippen molar-refractivity contribution in [3.05, 3.63) is 261 Å². The van der Waals surface area contributed by atoms with Crippen molar-refractivity contribution in [2.24, 2.45) is 34.1 Å². The minimum Gasteiger partial charge on any atom is -0.200 e. The number of nitrogens with zero attached hydrogens (tertiary/aromatic N) is 4. The molecule has 0 saturated heterocycles. The number of hydrogen-bond acceptors (Lipinski definition) is 0. The lowest BCUT2D eigenvalue weighted by Gasteiger charge is -2.12. The Morgan fingerprint density at radius 2 is 0.857 bits per heavy atom. The standard InChI is InChI=1S/C23H28N.C21H24N.C19H20N.C17H16N/c1-15(2)12-19-8-7-9-22-20(19)10-11-23(24(22)6)21-14-16(3)13-17(4)18(21)5;1-13-10-15(3)17(5)18(11-13)20-12-16(4)21-14(2)8-7-9-19(21)22(20)6;1-13-11-14(2)15(3)18(12-13)19-17-8-6-5-7-16(17)9-10-20(19)4;1-13-7-3-5-9-15(13)17-16-10-6-4-8-14(16)11-12-18(17)2/h7-11,13-15H,12H2,1-6H3;7-12H,1-6H3;5-12H,1-4H3;3-12H,1-2H3/q4*+1/i4D3,12D2;3D3;;. The summed E-state index contributed by atoms with van der Waals surface area (Å²) in [6.45, 7) is 20.1. The van der Waals surface area contributed by atoms with Gasteiger partial charge in [-0.15, -0.1) is 0 Å². The number of pyridine rings is 4. The molecule has 0 aliphatic carbocycles. The van der Waals surface area contributed by atoms with Gasteiger partial charge >= 0.3 is 0 Å². The molecule has 0 amide bonds. The predicted octanol–water partition coefficient (Wildman–Crippen LogP) is 18.2. The number of hydrogen-bond donors (Lipinski definition) is 0. The molecule has 424 valence electrons. The molecule has 0 aliphatic heterocycles. The maximum atomic E-state index is 8.55. The average molecular weight is 1110 g/mol. The van der Waals surface area contributed by atoms with Crippen LogP contribution in [0.15, 0.2) is 188 Å². The van der Waals surface area contributed by atoms with Gasteiger partial charge in [0.05, 0.1) is 21.7 Å². The fraction of sp³-hybridized carbons (Fsp3) is 0.250. The van der Waals surface area contributed by atoms with E-state index in [0.29, 0.717) is 16.7 Å². The SMILES string of the molecule is Cc1cc(C)c(C)c(-c2c3ccccc3cc[n+]2C)c1.Cc1ccccc1-c1c2ccccc2cc[n+]1C.[2H]C([2H])([2H])c1cc(C)cc(-c2cc(C)c3c(C)cccc3[n+]2C)c1C.[2H]C([2H])([2H])c1cc(C)cc(-c2ccc3c(C([2H])([2H])C(C)C)cccc3[n+]2C)c1C. The van der Waals surface area contributed by atoms with E-state index in [-0.39, 0.29) is 5.92 Å². The number of aromatic nitrogens is 4. The maximum Gasteiger partial charge on any atom is 0.220 e. The number of benzene rings is 8. The van der Waals surface area contributed by atoms with Crippen molar-refractivity contribution in [2.45, 2.75) is 103 Å². The molecule has 4 nitrogen and oxygen atoms in total. The highest BCUT2D eigenvalue weighted by molar-refractivity contribution is 5.95. The van der Waals surface area contributed by atoms with E-state index in [1.807, 2.05) is 96.6 Å². The van der Waals surface area contributed by atoms with Gasteiger partial charge in [0.2, 0.25) is 33.8 Å². The lowest BCUT2D eigenvalue weighted by Crippen LogP contribution is -2.32. The van der Waals surface area contributed by atoms with Gasteiger partial charge in [0, 0.05) is 69.4 Å². The largest absolute Gasteiger partial charge is 0.220 e. The van der Waals surface area contributed by atoms with Crippen molar-refractivity contribution in [1.29, 1.82) is 0 Å². The summed E-state index contributed by atoms with van der Waals surface area (Å²) in [7, 11) is 8.23. The highest BCUT2D eigenvalue weighted by Gasteiger charge is 2.23. The summed E-state index contributed by atoms with van der Waals surface area (Å²) in [6, 6.07) is 60.3. The summed E-state index contributed by atoms with van der Waals surface area (Å²) < 4.78 is 72.9. The molecule has 0 radical (unpaired) electrons. The fourth-order valence-electron chi connectivity index (χ4n) is 12.0. The Bertz CT molecular complexity index is 4790. The van der Waals surface area contributed by atoms with Crippen molar-refractivity contribution in [3.8, 4) is 45.0 Å². The Kier molecular flexibility index (Phi) is 15.2. The molecule has 12 aromatic rings. The minimum absolute atomic E-state index is 0.154. The first-order valence-electron chi connectivity index (χ1n) is 33.3. The van der Waals surface area contributed by atoms with Crippen LogP contribution in [0.3, 0.4) is 0 Å². The van der Waals surface area contributed by atoms with E-state index >= 15 is 0 Å². The third kappa shape index (κ3) is 12.5. The van der Waals surface area contributed by atoms with Gasteiger partial charge in [0.15, 0.2) is 12.4 Å². The van der Waals surface area contributed by atoms with E-state index in [9.17, 15) is 0 Å². The van der Waals surface area contributed by atoms with E-state index in [1.54, 1.807) is 12.1 Å². The van der Waals surface area contributed by atoms with Crippen LogP contribution < -0.4 is 18.3 Å². The van der Waals surface area contributed by atoms with Crippen LogP contribution in [0.1, 0.15) is 97.1 Å². The second-order valence-corrected chi connectivity index (χ2v) is 23.3. The smallest absolute Gasteiger partial charge is 0.200 e. The molecule has 4 heterocycles. The molecule has 0 fully saturated rings. The first-order valence-corrected chi connectivity index (χ1v) is 29.3. The van der Waals surface area contributed by atoms with Gasteiger partial charge in [0.1, 0.15) is 28.2 Å². The average Bonchev–Trinajstić information content (AvgIpc) is 0.773. The summed E-state index contributed by atoms with van der Waals surface area (Å²) in [4.78, 5) is 0. The van der Waals surface area contributed by atoms with Crippen LogP contribution in [-0.2, 0) is 34.6 Å². The van der Waals surface area contributed by atoms with E-state index in [2.05, 4.69) is 209 Å². The van der Waals surface area contributed by atoms with Crippen LogP contribution in [0, 0.1) is 88.9 Å². The molecule has 0 bridgehead atoms. The van der Waals surface area contributed by atoms with Gasteiger partial charge < -0.3 is 0 Å². The summed E-state index contributed by atoms with van der Waals surface area (Å²) >= 11 is 0. The van der Waals surface area contributed by atoms with Crippen LogP contribution in [0.2, 0.25) is 0 Å². The third-order valence-corrected chi connectivity index (χ3v) is 16.6. The zero-order valence-corrected chi connectivity index (χ0v) is 52.3. The summed E-state index contributed by atoms with van der Waals surface area (Å²) in [6.07, 6.45) is 2.83. The molecule has 0 unspecified atom stereocenters. The van der Waals surface area contributed by atoms with Gasteiger partial charge in [-0.25, -0.2) is 9.13 Å². The normalized spacial score (nSPS) is 13.0. The van der Waals surface area contributed by atoms with Crippen molar-refractivity contribution in [1.82, 2.24) is 0 Å². The molecular weight excluding hydrogens is 1020 g/mol. The third-order valence-electron chi connectivity index (χ3n) is 16.6. The monoisotopic (exact) mass is 1110 g/mol. The number of rotatable bonds is 6. The van der Waals surface area contributed by atoms with Gasteiger partial charge in [-0.1, -0.05) is 128 Å². The lowest BCUT2D eigenvalue weighted by atomic mass is 9.95. The van der Waals surface area contributed by atoms with E-state index < -0.39 is 20.1 Å². The lowest BCUT2D eigenvalue weighted by molar-refractivity contribution is -0.659. The molecule has 0 saturated carbocycles. The first-order chi connectivity index (χ1) is 43.3. The van der Waals surface area contributed by atoms with Crippen LogP contribution in [0.5, 0.6) is 0 Å². The van der Waals surface area contributed by atoms with Crippen LogP contribution >= 0.6 is 0 Å². The van der Waals surface area contributed by atoms with E-state index in [1.165, 1.54) is 82.8 Å². The summed E-state index contributed by atoms with van der Waals surface area (Å²) in [5.41, 5.74) is 23.9. The Labute approximate surface area is 513 Å². The molecule has 4 heteroatoms. The van der Waals surface area contributed by atoms with Crippen molar-refractivity contribution in [2.75, 3.05) is 0 Å². The number of fused-ring (bicyclic) bond motifs is 4. The van der Waals surface area contributed by atoms with Gasteiger partial charge in [-0.2, -0.15) is 9.13 Å². The molecule has 0 N–H and O–H groups in total. The Balaban J connectivity index is 0.000000147. The summed E-state index contributed by atoms with van der Waals surface area (Å²) in [5, 5.41) is 7.32. The van der Waals surface area contributed by atoms with Gasteiger partial charge in [-0.3, -0.25) is 0 Å². The number of aryl methyl sites for hydroxylation is 13. The van der Waals surface area contributed by atoms with Gasteiger partial charge in [-0.05, 0) is 204 Å². The molecule has 84 heavy (non-hydrogen) atoms. The van der Waals surface area contributed by atoms with Gasteiger partial charge in [0.25, 0.3) is 0 Å². The zero-order valence-electron chi connectivity index (χ0n) is 60.3. The Morgan fingerprint density at radius 3 is 1.44 bits per heavy atom. The molecule has 4 aromatic heterocycles. The van der Waals surface area contributed by atoms with Crippen molar-refractivity contribution in [3.63, 3.8) is 0 Å².